The first-order valence-electron chi connectivity index (χ1n) is 8.69. The SMILES string of the molecule is Cl.NCCC(=O)NCC1CCCCN1C(=O)CCNC(=O)c1cccs1. The van der Waals surface area contributed by atoms with E-state index in [2.05, 4.69) is 10.6 Å². The van der Waals surface area contributed by atoms with E-state index < -0.39 is 0 Å². The number of nitrogens with two attached hydrogens (primary N) is 1. The molecule has 1 atom stereocenters. The highest BCUT2D eigenvalue weighted by atomic mass is 35.5. The fourth-order valence-electron chi connectivity index (χ4n) is 2.91. The molecule has 0 spiro atoms. The van der Waals surface area contributed by atoms with Gasteiger partial charge in [0.1, 0.15) is 0 Å². The van der Waals surface area contributed by atoms with Crippen LogP contribution in [-0.4, -0.2) is 54.8 Å². The van der Waals surface area contributed by atoms with E-state index in [1.165, 1.54) is 11.3 Å². The Morgan fingerprint density at radius 1 is 1.23 bits per heavy atom. The summed E-state index contributed by atoms with van der Waals surface area (Å²) in [6.45, 7) is 1.81. The van der Waals surface area contributed by atoms with Crippen molar-refractivity contribution in [2.75, 3.05) is 26.2 Å². The summed E-state index contributed by atoms with van der Waals surface area (Å²) in [6, 6.07) is 3.60. The molecule has 1 fully saturated rings. The van der Waals surface area contributed by atoms with Gasteiger partial charge >= 0.3 is 0 Å². The molecule has 4 N–H and O–H groups in total. The lowest BCUT2D eigenvalue weighted by Gasteiger charge is -2.36. The van der Waals surface area contributed by atoms with Gasteiger partial charge in [-0.1, -0.05) is 6.07 Å². The molecule has 1 aliphatic rings. The molecule has 146 valence electrons. The highest BCUT2D eigenvalue weighted by Crippen LogP contribution is 2.17. The third-order valence-electron chi connectivity index (χ3n) is 4.22. The standard InChI is InChI=1S/C17H26N4O3S.ClH/c18-8-6-15(22)20-12-13-4-1-2-10-21(13)16(23)7-9-19-17(24)14-5-3-11-25-14;/h3,5,11,13H,1-2,4,6-10,12,18H2,(H,19,24)(H,20,22);1H. The summed E-state index contributed by atoms with van der Waals surface area (Å²) in [5, 5.41) is 7.47. The third-order valence-corrected chi connectivity index (χ3v) is 5.09. The first kappa shape index (κ1) is 22.4. The summed E-state index contributed by atoms with van der Waals surface area (Å²) in [5.41, 5.74) is 5.37. The van der Waals surface area contributed by atoms with Gasteiger partial charge in [0.25, 0.3) is 5.91 Å². The Morgan fingerprint density at radius 2 is 2.04 bits per heavy atom. The summed E-state index contributed by atoms with van der Waals surface area (Å²) in [4.78, 5) is 38.4. The lowest BCUT2D eigenvalue weighted by Crippen LogP contribution is -2.50. The average Bonchev–Trinajstić information content (AvgIpc) is 3.15. The molecule has 0 radical (unpaired) electrons. The molecule has 2 rings (SSSR count). The summed E-state index contributed by atoms with van der Waals surface area (Å²) in [5.74, 6) is -0.208. The van der Waals surface area contributed by atoms with Crippen LogP contribution in [0.25, 0.3) is 0 Å². The number of halogens is 1. The van der Waals surface area contributed by atoms with Crippen LogP contribution in [0, 0.1) is 0 Å². The van der Waals surface area contributed by atoms with Gasteiger partial charge in [-0.3, -0.25) is 14.4 Å². The number of piperidine rings is 1. The van der Waals surface area contributed by atoms with Crippen molar-refractivity contribution >= 4 is 41.5 Å². The first-order valence-corrected chi connectivity index (χ1v) is 9.57. The zero-order valence-electron chi connectivity index (χ0n) is 14.7. The first-order chi connectivity index (χ1) is 12.1. The summed E-state index contributed by atoms with van der Waals surface area (Å²) >= 11 is 1.38. The largest absolute Gasteiger partial charge is 0.354 e. The van der Waals surface area contributed by atoms with Crippen LogP contribution < -0.4 is 16.4 Å². The Bertz CT molecular complexity index is 583. The minimum absolute atomic E-state index is 0. The van der Waals surface area contributed by atoms with E-state index in [9.17, 15) is 14.4 Å². The van der Waals surface area contributed by atoms with E-state index in [0.29, 0.717) is 37.5 Å². The van der Waals surface area contributed by atoms with E-state index in [0.717, 1.165) is 19.3 Å². The summed E-state index contributed by atoms with van der Waals surface area (Å²) in [7, 11) is 0. The van der Waals surface area contributed by atoms with Crippen LogP contribution in [0.3, 0.4) is 0 Å². The molecule has 3 amide bonds. The minimum atomic E-state index is -0.146. The average molecular weight is 403 g/mol. The van der Waals surface area contributed by atoms with Crippen molar-refractivity contribution in [3.05, 3.63) is 22.4 Å². The lowest BCUT2D eigenvalue weighted by atomic mass is 10.0. The second kappa shape index (κ2) is 11.9. The highest BCUT2D eigenvalue weighted by molar-refractivity contribution is 7.12. The van der Waals surface area contributed by atoms with Crippen molar-refractivity contribution in [2.24, 2.45) is 5.73 Å². The van der Waals surface area contributed by atoms with Gasteiger partial charge in [0.05, 0.1) is 4.88 Å². The fraction of sp³-hybridized carbons (Fsp3) is 0.588. The van der Waals surface area contributed by atoms with Crippen LogP contribution >= 0.6 is 23.7 Å². The van der Waals surface area contributed by atoms with Gasteiger partial charge in [0, 0.05) is 45.1 Å². The molecular weight excluding hydrogens is 376 g/mol. The Hall–Kier alpha value is -1.64. The fourth-order valence-corrected chi connectivity index (χ4v) is 3.55. The Morgan fingerprint density at radius 3 is 2.73 bits per heavy atom. The maximum Gasteiger partial charge on any atom is 0.261 e. The number of carbonyl (C=O) groups is 3. The molecule has 0 aromatic carbocycles. The predicted octanol–water partition coefficient (Wildman–Crippen LogP) is 1.14. The number of rotatable bonds is 8. The molecule has 0 aliphatic carbocycles. The summed E-state index contributed by atoms with van der Waals surface area (Å²) in [6.07, 6.45) is 3.48. The number of nitrogens with one attached hydrogen (secondary N) is 2. The normalized spacial score (nSPS) is 16.5. The van der Waals surface area contributed by atoms with Crippen LogP contribution in [0.4, 0.5) is 0 Å². The van der Waals surface area contributed by atoms with Gasteiger partial charge in [-0.15, -0.1) is 23.7 Å². The quantitative estimate of drug-likeness (QED) is 0.606. The number of likely N-dealkylation sites (tertiary alicyclic amines) is 1. The van der Waals surface area contributed by atoms with Crippen molar-refractivity contribution in [3.8, 4) is 0 Å². The van der Waals surface area contributed by atoms with Crippen molar-refractivity contribution in [3.63, 3.8) is 0 Å². The lowest BCUT2D eigenvalue weighted by molar-refractivity contribution is -0.135. The van der Waals surface area contributed by atoms with E-state index in [-0.39, 0.29) is 42.6 Å². The zero-order chi connectivity index (χ0) is 18.1. The molecule has 0 bridgehead atoms. The van der Waals surface area contributed by atoms with E-state index in [1.807, 2.05) is 16.3 Å². The predicted molar refractivity (Wildman–Crippen MR) is 105 cm³/mol. The molecule has 1 unspecified atom stereocenters. The Balaban J connectivity index is 0.00000338. The van der Waals surface area contributed by atoms with Crippen LogP contribution in [0.15, 0.2) is 17.5 Å². The molecule has 9 heteroatoms. The molecular formula is C17H27ClN4O3S. The number of hydrogen-bond acceptors (Lipinski definition) is 5. The second-order valence-electron chi connectivity index (χ2n) is 6.06. The molecule has 26 heavy (non-hydrogen) atoms. The maximum absolute atomic E-state index is 12.5. The van der Waals surface area contributed by atoms with Crippen LogP contribution in [-0.2, 0) is 9.59 Å². The number of nitrogens with zero attached hydrogens (tertiary/aromatic N) is 1. The van der Waals surface area contributed by atoms with Crippen molar-refractivity contribution in [1.29, 1.82) is 0 Å². The van der Waals surface area contributed by atoms with Gasteiger partial charge in [-0.2, -0.15) is 0 Å². The van der Waals surface area contributed by atoms with E-state index in [4.69, 9.17) is 5.73 Å². The molecule has 1 aromatic rings. The Kier molecular flexibility index (Phi) is 10.2. The summed E-state index contributed by atoms with van der Waals surface area (Å²) < 4.78 is 0. The van der Waals surface area contributed by atoms with Crippen molar-refractivity contribution < 1.29 is 14.4 Å². The van der Waals surface area contributed by atoms with Gasteiger partial charge in [0.15, 0.2) is 0 Å². The van der Waals surface area contributed by atoms with Crippen LogP contribution in [0.5, 0.6) is 0 Å². The number of carbonyl (C=O) groups excluding carboxylic acids is 3. The van der Waals surface area contributed by atoms with Crippen molar-refractivity contribution in [2.45, 2.75) is 38.1 Å². The number of amides is 3. The molecule has 1 saturated heterocycles. The minimum Gasteiger partial charge on any atom is -0.354 e. The van der Waals surface area contributed by atoms with Gasteiger partial charge < -0.3 is 21.3 Å². The van der Waals surface area contributed by atoms with E-state index >= 15 is 0 Å². The second-order valence-corrected chi connectivity index (χ2v) is 7.01. The molecule has 2 heterocycles. The maximum atomic E-state index is 12.5. The molecule has 1 aromatic heterocycles. The molecule has 1 aliphatic heterocycles. The van der Waals surface area contributed by atoms with Gasteiger partial charge in [-0.25, -0.2) is 0 Å². The monoisotopic (exact) mass is 402 g/mol. The smallest absolute Gasteiger partial charge is 0.261 e. The van der Waals surface area contributed by atoms with Crippen molar-refractivity contribution in [1.82, 2.24) is 15.5 Å². The zero-order valence-corrected chi connectivity index (χ0v) is 16.4. The number of hydrogen-bond donors (Lipinski definition) is 3. The highest BCUT2D eigenvalue weighted by Gasteiger charge is 2.26. The molecule has 0 saturated carbocycles. The van der Waals surface area contributed by atoms with Gasteiger partial charge in [-0.05, 0) is 30.7 Å². The van der Waals surface area contributed by atoms with Crippen LogP contribution in [0.1, 0.15) is 41.8 Å². The van der Waals surface area contributed by atoms with E-state index in [1.54, 1.807) is 6.07 Å². The van der Waals surface area contributed by atoms with Gasteiger partial charge in [0.2, 0.25) is 11.8 Å². The molecule has 7 nitrogen and oxygen atoms in total. The number of thiophene rings is 1. The van der Waals surface area contributed by atoms with Crippen LogP contribution in [0.2, 0.25) is 0 Å². The Labute approximate surface area is 164 Å². The third kappa shape index (κ3) is 6.93. The topological polar surface area (TPSA) is 105 Å².